The second kappa shape index (κ2) is 2.80. The van der Waals surface area contributed by atoms with Crippen LogP contribution < -0.4 is 5.43 Å². The summed E-state index contributed by atoms with van der Waals surface area (Å²) in [7, 11) is 1.45. The molecular formula is C3H4N4. The normalized spacial score (nSPS) is 5.57. The van der Waals surface area contributed by atoms with E-state index in [1.54, 1.807) is 12.4 Å². The summed E-state index contributed by atoms with van der Waals surface area (Å²) in [6.45, 7) is 0. The van der Waals surface area contributed by atoms with Crippen molar-refractivity contribution in [3.8, 4) is 12.4 Å². The highest BCUT2D eigenvalue weighted by atomic mass is 15.5. The molecule has 0 heterocycles. The molecule has 0 bridgehead atoms. The number of hydrogen-bond donors (Lipinski definition) is 1. The molecule has 0 aliphatic carbocycles. The molecule has 0 spiro atoms. The Hall–Kier alpha value is -1.42. The summed E-state index contributed by atoms with van der Waals surface area (Å²) in [5.41, 5.74) is 2.07. The van der Waals surface area contributed by atoms with Crippen LogP contribution in [0.25, 0.3) is 0 Å². The van der Waals surface area contributed by atoms with Gasteiger partial charge in [-0.25, -0.2) is 10.4 Å². The van der Waals surface area contributed by atoms with Gasteiger partial charge in [0.1, 0.15) is 0 Å². The zero-order valence-electron chi connectivity index (χ0n) is 3.84. The van der Waals surface area contributed by atoms with Crippen molar-refractivity contribution in [2.75, 3.05) is 7.05 Å². The van der Waals surface area contributed by atoms with E-state index in [2.05, 4.69) is 5.43 Å². The molecule has 0 unspecified atom stereocenters. The van der Waals surface area contributed by atoms with Crippen LogP contribution in [0.3, 0.4) is 0 Å². The van der Waals surface area contributed by atoms with Gasteiger partial charge in [0, 0.05) is 7.05 Å². The van der Waals surface area contributed by atoms with E-state index in [-0.39, 0.29) is 0 Å². The van der Waals surface area contributed by atoms with Crippen LogP contribution in [0.15, 0.2) is 0 Å². The number of nitriles is 2. The standard InChI is InChI=1S/C3H4N4/c1-7(3-5)6-2-4/h6H,1H3. The Morgan fingerprint density at radius 3 is 2.29 bits per heavy atom. The Labute approximate surface area is 41.5 Å². The predicted molar refractivity (Wildman–Crippen MR) is 22.1 cm³/mol. The van der Waals surface area contributed by atoms with E-state index in [0.717, 1.165) is 5.01 Å². The van der Waals surface area contributed by atoms with Crippen molar-refractivity contribution in [2.24, 2.45) is 0 Å². The molecule has 0 fully saturated rings. The Bertz CT molecular complexity index is 116. The van der Waals surface area contributed by atoms with Crippen molar-refractivity contribution in [3.05, 3.63) is 0 Å². The molecule has 0 saturated heterocycles. The van der Waals surface area contributed by atoms with Gasteiger partial charge in [-0.05, 0) is 0 Å². The molecule has 7 heavy (non-hydrogen) atoms. The average molecular weight is 96.1 g/mol. The quantitative estimate of drug-likeness (QED) is 0.268. The van der Waals surface area contributed by atoms with E-state index in [9.17, 15) is 0 Å². The van der Waals surface area contributed by atoms with Crippen molar-refractivity contribution in [3.63, 3.8) is 0 Å². The zero-order chi connectivity index (χ0) is 5.70. The first-order valence-electron chi connectivity index (χ1n) is 1.59. The molecule has 0 amide bonds. The number of nitrogens with zero attached hydrogens (tertiary/aromatic N) is 3. The molecule has 0 aromatic rings. The van der Waals surface area contributed by atoms with Gasteiger partial charge in [0.25, 0.3) is 0 Å². The van der Waals surface area contributed by atoms with Crippen LogP contribution in [-0.2, 0) is 0 Å². The monoisotopic (exact) mass is 96.0 g/mol. The summed E-state index contributed by atoms with van der Waals surface area (Å²) in [4.78, 5) is 0. The molecule has 4 nitrogen and oxygen atoms in total. The fraction of sp³-hybridized carbons (Fsp3) is 0.333. The number of rotatable bonds is 1. The van der Waals surface area contributed by atoms with Crippen molar-refractivity contribution in [1.29, 1.82) is 10.5 Å². The van der Waals surface area contributed by atoms with Gasteiger partial charge >= 0.3 is 0 Å². The average Bonchev–Trinajstić information content (AvgIpc) is 1.68. The highest BCUT2D eigenvalue weighted by molar-refractivity contribution is 4.70. The molecule has 0 aliphatic heterocycles. The minimum absolute atomic E-state index is 1.00. The van der Waals surface area contributed by atoms with Gasteiger partial charge < -0.3 is 0 Å². The largest absolute Gasteiger partial charge is 0.225 e. The molecule has 0 rings (SSSR count). The topological polar surface area (TPSA) is 62.9 Å². The van der Waals surface area contributed by atoms with Crippen LogP contribution in [0, 0.1) is 22.9 Å². The maximum Gasteiger partial charge on any atom is 0.200 e. The van der Waals surface area contributed by atoms with Gasteiger partial charge in [-0.2, -0.15) is 10.5 Å². The molecule has 0 aromatic heterocycles. The lowest BCUT2D eigenvalue weighted by atomic mass is 11.1. The number of nitrogens with one attached hydrogen (secondary N) is 1. The maximum absolute atomic E-state index is 7.93. The fourth-order valence-electron chi connectivity index (χ4n) is 0.100. The molecule has 0 atom stereocenters. The van der Waals surface area contributed by atoms with E-state index < -0.39 is 0 Å². The van der Waals surface area contributed by atoms with E-state index in [0.29, 0.717) is 0 Å². The first-order chi connectivity index (χ1) is 3.31. The second-order valence-corrected chi connectivity index (χ2v) is 0.883. The fourth-order valence-corrected chi connectivity index (χ4v) is 0.100. The van der Waals surface area contributed by atoms with Crippen LogP contribution in [0.4, 0.5) is 0 Å². The molecule has 0 aliphatic rings. The SMILES string of the molecule is CN(C#N)NC#N. The van der Waals surface area contributed by atoms with Gasteiger partial charge in [-0.15, -0.1) is 0 Å². The molecule has 0 radical (unpaired) electrons. The molecular weight excluding hydrogens is 92.1 g/mol. The lowest BCUT2D eigenvalue weighted by molar-refractivity contribution is 0.413. The highest BCUT2D eigenvalue weighted by Gasteiger charge is 1.80. The number of hydrazine groups is 1. The predicted octanol–water partition coefficient (Wildman–Crippen LogP) is -0.615. The zero-order valence-corrected chi connectivity index (χ0v) is 3.84. The van der Waals surface area contributed by atoms with Crippen molar-refractivity contribution >= 4 is 0 Å². The molecule has 0 aromatic carbocycles. The first kappa shape index (κ1) is 5.58. The van der Waals surface area contributed by atoms with Gasteiger partial charge in [0.15, 0.2) is 12.4 Å². The lowest BCUT2D eigenvalue weighted by Crippen LogP contribution is -2.24. The summed E-state index contributed by atoms with van der Waals surface area (Å²) in [6.07, 6.45) is 3.24. The summed E-state index contributed by atoms with van der Waals surface area (Å²) in [5.74, 6) is 0. The Morgan fingerprint density at radius 1 is 1.57 bits per heavy atom. The third-order valence-electron chi connectivity index (χ3n) is 0.368. The van der Waals surface area contributed by atoms with Crippen LogP contribution in [0.2, 0.25) is 0 Å². The van der Waals surface area contributed by atoms with Crippen molar-refractivity contribution < 1.29 is 0 Å². The van der Waals surface area contributed by atoms with Gasteiger partial charge in [0.05, 0.1) is 0 Å². The van der Waals surface area contributed by atoms with Gasteiger partial charge in [0.2, 0.25) is 0 Å². The second-order valence-electron chi connectivity index (χ2n) is 0.883. The van der Waals surface area contributed by atoms with Crippen molar-refractivity contribution in [2.45, 2.75) is 0 Å². The minimum Gasteiger partial charge on any atom is -0.225 e. The smallest absolute Gasteiger partial charge is 0.200 e. The third-order valence-corrected chi connectivity index (χ3v) is 0.368. The molecule has 0 saturated carbocycles. The Balaban J connectivity index is 3.27. The molecule has 36 valence electrons. The van der Waals surface area contributed by atoms with Gasteiger partial charge in [-0.1, -0.05) is 0 Å². The van der Waals surface area contributed by atoms with Crippen LogP contribution in [0.5, 0.6) is 0 Å². The van der Waals surface area contributed by atoms with Crippen LogP contribution in [-0.4, -0.2) is 12.1 Å². The summed E-state index contributed by atoms with van der Waals surface area (Å²) in [5, 5.41) is 16.7. The summed E-state index contributed by atoms with van der Waals surface area (Å²) < 4.78 is 0. The Morgan fingerprint density at radius 2 is 2.14 bits per heavy atom. The van der Waals surface area contributed by atoms with E-state index in [1.807, 2.05) is 0 Å². The minimum atomic E-state index is 1.00. The van der Waals surface area contributed by atoms with Crippen molar-refractivity contribution in [1.82, 2.24) is 10.4 Å². The summed E-state index contributed by atoms with van der Waals surface area (Å²) >= 11 is 0. The first-order valence-corrected chi connectivity index (χ1v) is 1.59. The van der Waals surface area contributed by atoms with Crippen LogP contribution in [0.1, 0.15) is 0 Å². The van der Waals surface area contributed by atoms with Crippen LogP contribution >= 0.6 is 0 Å². The summed E-state index contributed by atoms with van der Waals surface area (Å²) in [6, 6.07) is 0. The number of hydrogen-bond acceptors (Lipinski definition) is 4. The van der Waals surface area contributed by atoms with E-state index in [4.69, 9.17) is 10.5 Å². The lowest BCUT2D eigenvalue weighted by Gasteiger charge is -1.99. The molecule has 1 N–H and O–H groups in total. The highest BCUT2D eigenvalue weighted by Crippen LogP contribution is 1.60. The third kappa shape index (κ3) is 2.38. The maximum atomic E-state index is 7.93. The van der Waals surface area contributed by atoms with Gasteiger partial charge in [-0.3, -0.25) is 0 Å². The Kier molecular flexibility index (Phi) is 2.23. The van der Waals surface area contributed by atoms with E-state index in [1.165, 1.54) is 7.05 Å². The molecule has 4 heteroatoms. The van der Waals surface area contributed by atoms with E-state index >= 15 is 0 Å².